The standard InChI is InChI=1S/C10H11F4NO/c1-5(15)9(16)8-6(10(12,13)14)3-2-4-7(8)11/h2-5,9,16H,15H2,1H3/t5-,9-/m1/s1. The second-order valence-electron chi connectivity index (χ2n) is 3.50. The molecule has 0 aliphatic rings. The molecule has 2 nitrogen and oxygen atoms in total. The van der Waals surface area contributed by atoms with Gasteiger partial charge in [-0.3, -0.25) is 0 Å². The summed E-state index contributed by atoms with van der Waals surface area (Å²) in [7, 11) is 0. The smallest absolute Gasteiger partial charge is 0.387 e. The van der Waals surface area contributed by atoms with Gasteiger partial charge in [-0.05, 0) is 19.1 Å². The van der Waals surface area contributed by atoms with Crippen molar-refractivity contribution in [2.45, 2.75) is 25.2 Å². The summed E-state index contributed by atoms with van der Waals surface area (Å²) in [6.07, 6.45) is -6.40. The van der Waals surface area contributed by atoms with Crippen LogP contribution in [0.3, 0.4) is 0 Å². The zero-order valence-corrected chi connectivity index (χ0v) is 8.42. The zero-order chi connectivity index (χ0) is 12.5. The molecule has 0 saturated carbocycles. The number of rotatable bonds is 2. The number of aliphatic hydroxyl groups excluding tert-OH is 1. The summed E-state index contributed by atoms with van der Waals surface area (Å²) in [5, 5.41) is 9.46. The van der Waals surface area contributed by atoms with Crippen LogP contribution in [0.25, 0.3) is 0 Å². The van der Waals surface area contributed by atoms with E-state index in [1.807, 2.05) is 0 Å². The summed E-state index contributed by atoms with van der Waals surface area (Å²) >= 11 is 0. The molecule has 0 spiro atoms. The first-order chi connectivity index (χ1) is 7.25. The van der Waals surface area contributed by atoms with Crippen LogP contribution in [0.2, 0.25) is 0 Å². The van der Waals surface area contributed by atoms with Gasteiger partial charge in [0.15, 0.2) is 0 Å². The van der Waals surface area contributed by atoms with Crippen LogP contribution in [0.4, 0.5) is 17.6 Å². The van der Waals surface area contributed by atoms with Gasteiger partial charge >= 0.3 is 6.18 Å². The van der Waals surface area contributed by atoms with Crippen molar-refractivity contribution >= 4 is 0 Å². The molecule has 3 N–H and O–H groups in total. The van der Waals surface area contributed by atoms with Gasteiger partial charge in [-0.1, -0.05) is 6.07 Å². The lowest BCUT2D eigenvalue weighted by Gasteiger charge is -2.20. The van der Waals surface area contributed by atoms with E-state index in [4.69, 9.17) is 5.73 Å². The fourth-order valence-corrected chi connectivity index (χ4v) is 1.35. The van der Waals surface area contributed by atoms with Crippen molar-refractivity contribution in [1.82, 2.24) is 0 Å². The molecular formula is C10H11F4NO. The van der Waals surface area contributed by atoms with E-state index in [2.05, 4.69) is 0 Å². The van der Waals surface area contributed by atoms with Crippen LogP contribution in [-0.4, -0.2) is 11.1 Å². The highest BCUT2D eigenvalue weighted by Gasteiger charge is 2.37. The van der Waals surface area contributed by atoms with E-state index in [9.17, 15) is 22.7 Å². The molecule has 1 rings (SSSR count). The minimum atomic E-state index is -4.71. The SMILES string of the molecule is C[C@@H](N)[C@@H](O)c1c(F)cccc1C(F)(F)F. The molecular weight excluding hydrogens is 226 g/mol. The van der Waals surface area contributed by atoms with E-state index in [1.165, 1.54) is 6.92 Å². The van der Waals surface area contributed by atoms with E-state index < -0.39 is 35.3 Å². The van der Waals surface area contributed by atoms with Crippen molar-refractivity contribution in [1.29, 1.82) is 0 Å². The van der Waals surface area contributed by atoms with Gasteiger partial charge in [-0.15, -0.1) is 0 Å². The van der Waals surface area contributed by atoms with Crippen LogP contribution in [0.1, 0.15) is 24.2 Å². The number of hydrogen-bond donors (Lipinski definition) is 2. The van der Waals surface area contributed by atoms with Crippen LogP contribution in [-0.2, 0) is 6.18 Å². The summed E-state index contributed by atoms with van der Waals surface area (Å²) in [6, 6.07) is 1.52. The van der Waals surface area contributed by atoms with E-state index in [1.54, 1.807) is 0 Å². The number of benzene rings is 1. The maximum absolute atomic E-state index is 13.3. The molecule has 0 aliphatic heterocycles. The summed E-state index contributed by atoms with van der Waals surface area (Å²) < 4.78 is 50.9. The highest BCUT2D eigenvalue weighted by Crippen LogP contribution is 2.36. The predicted molar refractivity (Wildman–Crippen MR) is 50.0 cm³/mol. The zero-order valence-electron chi connectivity index (χ0n) is 8.42. The van der Waals surface area contributed by atoms with E-state index in [0.29, 0.717) is 6.07 Å². The fraction of sp³-hybridized carbons (Fsp3) is 0.400. The lowest BCUT2D eigenvalue weighted by Crippen LogP contribution is -2.27. The van der Waals surface area contributed by atoms with E-state index >= 15 is 0 Å². The third-order valence-corrected chi connectivity index (χ3v) is 2.15. The summed E-state index contributed by atoms with van der Waals surface area (Å²) in [5.41, 5.74) is 3.27. The molecule has 0 unspecified atom stereocenters. The minimum Gasteiger partial charge on any atom is -0.387 e. The van der Waals surface area contributed by atoms with Gasteiger partial charge in [-0.25, -0.2) is 4.39 Å². The molecule has 0 radical (unpaired) electrons. The third-order valence-electron chi connectivity index (χ3n) is 2.15. The lowest BCUT2D eigenvalue weighted by molar-refractivity contribution is -0.139. The molecule has 0 fully saturated rings. The highest BCUT2D eigenvalue weighted by atomic mass is 19.4. The Kier molecular flexibility index (Phi) is 3.54. The molecule has 90 valence electrons. The lowest BCUT2D eigenvalue weighted by atomic mass is 9.97. The largest absolute Gasteiger partial charge is 0.416 e. The van der Waals surface area contributed by atoms with Crippen molar-refractivity contribution in [3.05, 3.63) is 35.1 Å². The third kappa shape index (κ3) is 2.51. The van der Waals surface area contributed by atoms with Crippen LogP contribution in [0.5, 0.6) is 0 Å². The molecule has 16 heavy (non-hydrogen) atoms. The minimum absolute atomic E-state index is 0.712. The van der Waals surface area contributed by atoms with Crippen molar-refractivity contribution in [3.63, 3.8) is 0 Å². The number of aliphatic hydroxyl groups is 1. The molecule has 2 atom stereocenters. The van der Waals surface area contributed by atoms with Crippen LogP contribution in [0.15, 0.2) is 18.2 Å². The normalized spacial score (nSPS) is 15.9. The number of halogens is 4. The second-order valence-corrected chi connectivity index (χ2v) is 3.50. The van der Waals surface area contributed by atoms with Crippen LogP contribution in [0, 0.1) is 5.82 Å². The van der Waals surface area contributed by atoms with Gasteiger partial charge in [0.05, 0.1) is 11.7 Å². The first-order valence-corrected chi connectivity index (χ1v) is 4.54. The first-order valence-electron chi connectivity index (χ1n) is 4.54. The van der Waals surface area contributed by atoms with Gasteiger partial charge in [-0.2, -0.15) is 13.2 Å². The Labute approximate surface area is 89.7 Å². The average Bonchev–Trinajstić information content (AvgIpc) is 2.14. The molecule has 0 aromatic heterocycles. The molecule has 0 bridgehead atoms. The number of hydrogen-bond acceptors (Lipinski definition) is 2. The molecule has 0 aliphatic carbocycles. The Balaban J connectivity index is 3.35. The van der Waals surface area contributed by atoms with Crippen molar-refractivity contribution in [3.8, 4) is 0 Å². The Morgan fingerprint density at radius 3 is 2.31 bits per heavy atom. The Bertz CT molecular complexity index is 376. The molecule has 1 aromatic carbocycles. The van der Waals surface area contributed by atoms with Gasteiger partial charge in [0.1, 0.15) is 5.82 Å². The summed E-state index contributed by atoms with van der Waals surface area (Å²) in [5.74, 6) is -1.11. The second kappa shape index (κ2) is 4.39. The Morgan fingerprint density at radius 2 is 1.88 bits per heavy atom. The quantitative estimate of drug-likeness (QED) is 0.775. The monoisotopic (exact) mass is 237 g/mol. The maximum Gasteiger partial charge on any atom is 0.416 e. The van der Waals surface area contributed by atoms with Gasteiger partial charge in [0.2, 0.25) is 0 Å². The number of nitrogens with two attached hydrogens (primary N) is 1. The number of alkyl halides is 3. The van der Waals surface area contributed by atoms with E-state index in [0.717, 1.165) is 12.1 Å². The topological polar surface area (TPSA) is 46.2 Å². The summed E-state index contributed by atoms with van der Waals surface area (Å²) in [4.78, 5) is 0. The van der Waals surface area contributed by atoms with Gasteiger partial charge in [0.25, 0.3) is 0 Å². The van der Waals surface area contributed by atoms with E-state index in [-0.39, 0.29) is 0 Å². The van der Waals surface area contributed by atoms with Gasteiger partial charge < -0.3 is 10.8 Å². The molecule has 0 saturated heterocycles. The molecule has 0 amide bonds. The summed E-state index contributed by atoms with van der Waals surface area (Å²) in [6.45, 7) is 1.30. The Hall–Kier alpha value is -1.14. The maximum atomic E-state index is 13.3. The predicted octanol–water partition coefficient (Wildman–Crippen LogP) is 2.23. The Morgan fingerprint density at radius 1 is 1.31 bits per heavy atom. The fourth-order valence-electron chi connectivity index (χ4n) is 1.35. The first kappa shape index (κ1) is 12.9. The molecule has 1 aromatic rings. The average molecular weight is 237 g/mol. The molecule has 6 heteroatoms. The van der Waals surface area contributed by atoms with Crippen molar-refractivity contribution in [2.24, 2.45) is 5.73 Å². The molecule has 0 heterocycles. The van der Waals surface area contributed by atoms with Gasteiger partial charge in [0, 0.05) is 11.6 Å². The highest BCUT2D eigenvalue weighted by molar-refractivity contribution is 5.33. The van der Waals surface area contributed by atoms with Crippen LogP contribution >= 0.6 is 0 Å². The van der Waals surface area contributed by atoms with Crippen LogP contribution < -0.4 is 5.73 Å². The van der Waals surface area contributed by atoms with Crippen molar-refractivity contribution < 1.29 is 22.7 Å². The van der Waals surface area contributed by atoms with Crippen molar-refractivity contribution in [2.75, 3.05) is 0 Å².